The van der Waals surface area contributed by atoms with Gasteiger partial charge in [0.05, 0.1) is 11.8 Å². The van der Waals surface area contributed by atoms with Crippen LogP contribution in [0.25, 0.3) is 0 Å². The zero-order chi connectivity index (χ0) is 16.5. The number of aromatic nitrogens is 1. The van der Waals surface area contributed by atoms with E-state index in [9.17, 15) is 4.79 Å². The molecule has 5 nitrogen and oxygen atoms in total. The fourth-order valence-electron chi connectivity index (χ4n) is 2.35. The van der Waals surface area contributed by atoms with Crippen molar-refractivity contribution in [2.75, 3.05) is 26.7 Å². The first-order valence-electron chi connectivity index (χ1n) is 7.94. The molecule has 1 aliphatic heterocycles. The molecule has 0 atom stereocenters. The topological polar surface area (TPSA) is 60.2 Å². The van der Waals surface area contributed by atoms with Crippen molar-refractivity contribution in [1.82, 2.24) is 14.8 Å². The van der Waals surface area contributed by atoms with Crippen LogP contribution in [0.15, 0.2) is 18.2 Å². The van der Waals surface area contributed by atoms with Crippen LogP contribution in [0.2, 0.25) is 0 Å². The number of likely N-dealkylation sites (tertiary alicyclic amines) is 1. The molecule has 1 aromatic heterocycles. The van der Waals surface area contributed by atoms with Crippen LogP contribution >= 0.6 is 0 Å². The fraction of sp³-hybridized carbons (Fsp3) is 0.588. The minimum Gasteiger partial charge on any atom is -0.327 e. The maximum atomic E-state index is 12.1. The van der Waals surface area contributed by atoms with Gasteiger partial charge in [0.2, 0.25) is 0 Å². The molecule has 0 N–H and O–H groups in total. The van der Waals surface area contributed by atoms with Crippen LogP contribution in [0.1, 0.15) is 43.4 Å². The summed E-state index contributed by atoms with van der Waals surface area (Å²) in [4.78, 5) is 20.2. The highest BCUT2D eigenvalue weighted by atomic mass is 16.2. The van der Waals surface area contributed by atoms with Crippen molar-refractivity contribution in [3.8, 4) is 6.07 Å². The summed E-state index contributed by atoms with van der Waals surface area (Å²) in [6.45, 7) is 9.31. The van der Waals surface area contributed by atoms with E-state index < -0.39 is 0 Å². The molecular weight excluding hydrogens is 276 g/mol. The van der Waals surface area contributed by atoms with Crippen molar-refractivity contribution >= 4 is 5.91 Å². The van der Waals surface area contributed by atoms with Crippen molar-refractivity contribution in [1.29, 1.82) is 5.26 Å². The zero-order valence-corrected chi connectivity index (χ0v) is 14.0. The van der Waals surface area contributed by atoms with Gasteiger partial charge in [-0.25, -0.2) is 4.98 Å². The number of carbonyl (C=O) groups excluding carboxylic acids is 1. The Hall–Kier alpha value is -1.93. The maximum Gasteiger partial charge on any atom is 0.273 e. The van der Waals surface area contributed by atoms with Gasteiger partial charge in [0.25, 0.3) is 5.91 Å². The van der Waals surface area contributed by atoms with Gasteiger partial charge in [-0.15, -0.1) is 0 Å². The molecule has 0 saturated carbocycles. The van der Waals surface area contributed by atoms with Crippen LogP contribution in [0, 0.1) is 17.2 Å². The van der Waals surface area contributed by atoms with Crippen LogP contribution in [-0.2, 0) is 6.54 Å². The Morgan fingerprint density at radius 2 is 2.14 bits per heavy atom. The van der Waals surface area contributed by atoms with Crippen molar-refractivity contribution in [3.63, 3.8) is 0 Å². The van der Waals surface area contributed by atoms with E-state index in [-0.39, 0.29) is 12.5 Å². The standard InChI is InChI=1S/C15H20N4O.C2H6/c1-3-12-9-19(10-12)11-13-5-4-6-14(17-13)15(20)18(2)8-7-16;1-2/h4-6,12H,3,8-11H2,1-2H3;1-2H3. The lowest BCUT2D eigenvalue weighted by Crippen LogP contribution is -2.45. The second-order valence-corrected chi connectivity index (χ2v) is 5.30. The Kier molecular flexibility index (Phi) is 7.55. The molecule has 1 aromatic rings. The average Bonchev–Trinajstić information content (AvgIpc) is 2.52. The first kappa shape index (κ1) is 18.1. The molecular formula is C17H26N4O. The third-order valence-electron chi connectivity index (χ3n) is 3.68. The number of amides is 1. The lowest BCUT2D eigenvalue weighted by atomic mass is 9.97. The predicted octanol–water partition coefficient (Wildman–Crippen LogP) is 2.55. The second-order valence-electron chi connectivity index (χ2n) is 5.30. The molecule has 1 saturated heterocycles. The van der Waals surface area contributed by atoms with Gasteiger partial charge in [-0.05, 0) is 18.1 Å². The number of rotatable bonds is 5. The highest BCUT2D eigenvalue weighted by Crippen LogP contribution is 2.20. The van der Waals surface area contributed by atoms with Crippen LogP contribution in [0.5, 0.6) is 0 Å². The molecule has 5 heteroatoms. The predicted molar refractivity (Wildman–Crippen MR) is 87.2 cm³/mol. The quantitative estimate of drug-likeness (QED) is 0.784. The Morgan fingerprint density at radius 3 is 2.73 bits per heavy atom. The number of carbonyl (C=O) groups is 1. The van der Waals surface area contributed by atoms with Gasteiger partial charge in [-0.2, -0.15) is 5.26 Å². The van der Waals surface area contributed by atoms with E-state index >= 15 is 0 Å². The molecule has 2 rings (SSSR count). The first-order valence-corrected chi connectivity index (χ1v) is 7.94. The molecule has 0 radical (unpaired) electrons. The normalized spacial score (nSPS) is 14.3. The van der Waals surface area contributed by atoms with Gasteiger partial charge in [0.1, 0.15) is 12.2 Å². The molecule has 0 unspecified atom stereocenters. The molecule has 0 bridgehead atoms. The third-order valence-corrected chi connectivity index (χ3v) is 3.68. The van der Waals surface area contributed by atoms with E-state index in [2.05, 4.69) is 16.8 Å². The number of hydrogen-bond acceptors (Lipinski definition) is 4. The average molecular weight is 302 g/mol. The van der Waals surface area contributed by atoms with Gasteiger partial charge in [0, 0.05) is 26.7 Å². The number of nitriles is 1. The molecule has 0 spiro atoms. The van der Waals surface area contributed by atoms with Crippen molar-refractivity contribution in [2.24, 2.45) is 5.92 Å². The van der Waals surface area contributed by atoms with Gasteiger partial charge < -0.3 is 4.90 Å². The Morgan fingerprint density at radius 1 is 1.45 bits per heavy atom. The first-order chi connectivity index (χ1) is 10.6. The van der Waals surface area contributed by atoms with E-state index in [1.54, 1.807) is 13.1 Å². The summed E-state index contributed by atoms with van der Waals surface area (Å²) in [5.41, 5.74) is 1.32. The lowest BCUT2D eigenvalue weighted by molar-refractivity contribution is 0.0799. The van der Waals surface area contributed by atoms with Crippen molar-refractivity contribution in [3.05, 3.63) is 29.6 Å². The van der Waals surface area contributed by atoms with E-state index in [1.807, 2.05) is 32.0 Å². The molecule has 0 aliphatic carbocycles. The summed E-state index contributed by atoms with van der Waals surface area (Å²) in [5, 5.41) is 8.62. The summed E-state index contributed by atoms with van der Waals surface area (Å²) in [6, 6.07) is 7.46. The van der Waals surface area contributed by atoms with E-state index in [0.29, 0.717) is 5.69 Å². The fourth-order valence-corrected chi connectivity index (χ4v) is 2.35. The highest BCUT2D eigenvalue weighted by molar-refractivity contribution is 5.92. The van der Waals surface area contributed by atoms with Crippen LogP contribution in [0.4, 0.5) is 0 Å². The minimum atomic E-state index is -0.205. The van der Waals surface area contributed by atoms with Crippen LogP contribution < -0.4 is 0 Å². The van der Waals surface area contributed by atoms with Crippen molar-refractivity contribution in [2.45, 2.75) is 33.7 Å². The molecule has 1 aliphatic rings. The monoisotopic (exact) mass is 302 g/mol. The Bertz CT molecular complexity index is 518. The summed E-state index contributed by atoms with van der Waals surface area (Å²) < 4.78 is 0. The summed E-state index contributed by atoms with van der Waals surface area (Å²) in [6.07, 6.45) is 1.22. The van der Waals surface area contributed by atoms with Crippen LogP contribution in [-0.4, -0.2) is 47.4 Å². The van der Waals surface area contributed by atoms with Gasteiger partial charge in [-0.3, -0.25) is 9.69 Å². The van der Waals surface area contributed by atoms with E-state index in [0.717, 1.165) is 31.2 Å². The molecule has 0 aromatic carbocycles. The summed E-state index contributed by atoms with van der Waals surface area (Å²) >= 11 is 0. The summed E-state index contributed by atoms with van der Waals surface area (Å²) in [7, 11) is 1.61. The largest absolute Gasteiger partial charge is 0.327 e. The van der Waals surface area contributed by atoms with Gasteiger partial charge in [-0.1, -0.05) is 33.3 Å². The molecule has 120 valence electrons. The summed E-state index contributed by atoms with van der Waals surface area (Å²) in [5.74, 6) is 0.602. The van der Waals surface area contributed by atoms with E-state index in [1.165, 1.54) is 11.3 Å². The molecule has 1 fully saturated rings. The number of pyridine rings is 1. The van der Waals surface area contributed by atoms with Crippen LogP contribution in [0.3, 0.4) is 0 Å². The number of hydrogen-bond donors (Lipinski definition) is 0. The SMILES string of the molecule is CC.CCC1CN(Cc2cccc(C(=O)N(C)CC#N)n2)C1. The highest BCUT2D eigenvalue weighted by Gasteiger charge is 2.25. The maximum absolute atomic E-state index is 12.1. The molecule has 22 heavy (non-hydrogen) atoms. The van der Waals surface area contributed by atoms with Gasteiger partial charge in [0.15, 0.2) is 0 Å². The minimum absolute atomic E-state index is 0.0784. The van der Waals surface area contributed by atoms with Gasteiger partial charge >= 0.3 is 0 Å². The van der Waals surface area contributed by atoms with Crippen molar-refractivity contribution < 1.29 is 4.79 Å². The smallest absolute Gasteiger partial charge is 0.273 e. The third kappa shape index (κ3) is 4.81. The number of nitrogens with zero attached hydrogens (tertiary/aromatic N) is 4. The second kappa shape index (κ2) is 9.16. The molecule has 1 amide bonds. The lowest BCUT2D eigenvalue weighted by Gasteiger charge is -2.38. The Balaban J connectivity index is 0.00000116. The zero-order valence-electron chi connectivity index (χ0n) is 14.0. The Labute approximate surface area is 133 Å². The van der Waals surface area contributed by atoms with E-state index in [4.69, 9.17) is 5.26 Å². The molecule has 2 heterocycles.